The minimum atomic E-state index is -1.40. The van der Waals surface area contributed by atoms with Crippen molar-refractivity contribution in [3.63, 3.8) is 0 Å². The number of nitro groups is 1. The molecule has 7 nitrogen and oxygen atoms in total. The molecule has 1 aromatic heterocycles. The first-order chi connectivity index (χ1) is 10.4. The molecular formula is C13H8F2N2O5. The van der Waals surface area contributed by atoms with E-state index in [9.17, 15) is 28.5 Å². The summed E-state index contributed by atoms with van der Waals surface area (Å²) in [7, 11) is 0. The van der Waals surface area contributed by atoms with Gasteiger partial charge in [0.15, 0.2) is 5.82 Å². The van der Waals surface area contributed by atoms with Crippen LogP contribution in [0, 0.1) is 21.7 Å². The van der Waals surface area contributed by atoms with Crippen molar-refractivity contribution in [1.82, 2.24) is 4.57 Å². The summed E-state index contributed by atoms with van der Waals surface area (Å²) in [5.41, 5.74) is -2.32. The molecule has 3 rings (SSSR count). The minimum absolute atomic E-state index is 0.228. The van der Waals surface area contributed by atoms with Crippen molar-refractivity contribution in [2.24, 2.45) is 0 Å². The van der Waals surface area contributed by atoms with Crippen molar-refractivity contribution in [3.05, 3.63) is 66.1 Å². The Labute approximate surface area is 120 Å². The highest BCUT2D eigenvalue weighted by Gasteiger charge is 2.25. The molecule has 114 valence electrons. The first kappa shape index (κ1) is 14.1. The Morgan fingerprint density at radius 3 is 2.59 bits per heavy atom. The number of nitrogens with zero attached hydrogens (tertiary/aromatic N) is 2. The van der Waals surface area contributed by atoms with Crippen LogP contribution >= 0.6 is 0 Å². The maximum atomic E-state index is 13.9. The summed E-state index contributed by atoms with van der Waals surface area (Å²) in [6.45, 7) is 0. The summed E-state index contributed by atoms with van der Waals surface area (Å²) in [4.78, 5) is 33.8. The molecular weight excluding hydrogens is 302 g/mol. The average molecular weight is 310 g/mol. The molecule has 0 aliphatic heterocycles. The number of fused-ring (bicyclic) bond motifs is 1. The summed E-state index contributed by atoms with van der Waals surface area (Å²) in [5.74, 6) is -3.59. The average Bonchev–Trinajstić information content (AvgIpc) is 2.88. The molecule has 0 unspecified atom stereocenters. The highest BCUT2D eigenvalue weighted by Crippen LogP contribution is 2.24. The molecule has 0 saturated carbocycles. The van der Waals surface area contributed by atoms with E-state index < -0.39 is 39.2 Å². The van der Waals surface area contributed by atoms with Gasteiger partial charge >= 0.3 is 11.4 Å². The van der Waals surface area contributed by atoms with E-state index >= 15 is 0 Å². The topological polar surface area (TPSA) is 95.3 Å². The number of aryl methyl sites for hydroxylation is 1. The monoisotopic (exact) mass is 310 g/mol. The van der Waals surface area contributed by atoms with Gasteiger partial charge in [0.05, 0.1) is 16.2 Å². The molecule has 1 aliphatic rings. The van der Waals surface area contributed by atoms with E-state index in [0.29, 0.717) is 29.9 Å². The number of aromatic nitrogens is 1. The van der Waals surface area contributed by atoms with Gasteiger partial charge in [0, 0.05) is 18.6 Å². The standard InChI is InChI=1S/C13H8F2N2O5/c14-7-4-8(15)10(17(20)21)5-9(7)16-12(18)6-2-1-3-11(6)22-13(16)19/h4-5H,1-3H2. The van der Waals surface area contributed by atoms with E-state index in [0.717, 1.165) is 0 Å². The van der Waals surface area contributed by atoms with Crippen molar-refractivity contribution in [1.29, 1.82) is 0 Å². The highest BCUT2D eigenvalue weighted by atomic mass is 19.1. The third-order valence-electron chi connectivity index (χ3n) is 3.48. The molecule has 1 heterocycles. The lowest BCUT2D eigenvalue weighted by molar-refractivity contribution is -0.387. The smallest absolute Gasteiger partial charge is 0.414 e. The van der Waals surface area contributed by atoms with Crippen LogP contribution in [0.5, 0.6) is 0 Å². The SMILES string of the molecule is O=c1oc2c(c(=O)n1-c1cc([N+](=O)[O-])c(F)cc1F)CCC2. The quantitative estimate of drug-likeness (QED) is 0.618. The van der Waals surface area contributed by atoms with E-state index in [2.05, 4.69) is 0 Å². The van der Waals surface area contributed by atoms with Crippen molar-refractivity contribution >= 4 is 5.69 Å². The van der Waals surface area contributed by atoms with Crippen LogP contribution in [-0.2, 0) is 12.8 Å². The second kappa shape index (κ2) is 4.86. The Morgan fingerprint density at radius 1 is 1.18 bits per heavy atom. The molecule has 2 aromatic rings. The van der Waals surface area contributed by atoms with Crippen LogP contribution < -0.4 is 11.3 Å². The van der Waals surface area contributed by atoms with Gasteiger partial charge in [-0.05, 0) is 12.8 Å². The number of rotatable bonds is 2. The van der Waals surface area contributed by atoms with Crippen LogP contribution in [-0.4, -0.2) is 9.49 Å². The van der Waals surface area contributed by atoms with Gasteiger partial charge in [0.25, 0.3) is 5.56 Å². The zero-order valence-corrected chi connectivity index (χ0v) is 11.0. The Morgan fingerprint density at radius 2 is 1.91 bits per heavy atom. The van der Waals surface area contributed by atoms with E-state index in [1.807, 2.05) is 0 Å². The summed E-state index contributed by atoms with van der Waals surface area (Å²) in [6, 6.07) is 0.761. The van der Waals surface area contributed by atoms with Gasteiger partial charge in [-0.15, -0.1) is 0 Å². The largest absolute Gasteiger partial charge is 0.426 e. The van der Waals surface area contributed by atoms with E-state index in [4.69, 9.17) is 4.42 Å². The molecule has 0 atom stereocenters. The zero-order chi connectivity index (χ0) is 16.0. The first-order valence-corrected chi connectivity index (χ1v) is 6.32. The van der Waals surface area contributed by atoms with E-state index in [1.54, 1.807) is 0 Å². The Bertz CT molecular complexity index is 916. The number of hydrogen-bond donors (Lipinski definition) is 0. The summed E-state index contributed by atoms with van der Waals surface area (Å²) in [6.07, 6.45) is 1.40. The zero-order valence-electron chi connectivity index (χ0n) is 11.0. The second-order valence-corrected chi connectivity index (χ2v) is 4.78. The van der Waals surface area contributed by atoms with Gasteiger partial charge in [-0.3, -0.25) is 14.9 Å². The molecule has 0 bridgehead atoms. The van der Waals surface area contributed by atoms with Crippen molar-refractivity contribution in [2.45, 2.75) is 19.3 Å². The molecule has 0 saturated heterocycles. The van der Waals surface area contributed by atoms with Crippen LogP contribution in [0.15, 0.2) is 26.1 Å². The third kappa shape index (κ3) is 2.01. The van der Waals surface area contributed by atoms with Gasteiger partial charge in [-0.25, -0.2) is 13.8 Å². The molecule has 1 aromatic carbocycles. The van der Waals surface area contributed by atoms with Crippen LogP contribution in [0.4, 0.5) is 14.5 Å². The summed E-state index contributed by atoms with van der Waals surface area (Å²) < 4.78 is 32.5. The van der Waals surface area contributed by atoms with Crippen molar-refractivity contribution in [3.8, 4) is 5.69 Å². The van der Waals surface area contributed by atoms with Gasteiger partial charge < -0.3 is 4.42 Å². The molecule has 1 aliphatic carbocycles. The van der Waals surface area contributed by atoms with Gasteiger partial charge in [0.1, 0.15) is 5.76 Å². The number of halogens is 2. The fraction of sp³-hybridized carbons (Fsp3) is 0.231. The molecule has 0 spiro atoms. The molecule has 22 heavy (non-hydrogen) atoms. The summed E-state index contributed by atoms with van der Waals surface area (Å²) in [5, 5.41) is 10.7. The van der Waals surface area contributed by atoms with Crippen LogP contribution in [0.2, 0.25) is 0 Å². The van der Waals surface area contributed by atoms with Crippen LogP contribution in [0.1, 0.15) is 17.7 Å². The molecule has 9 heteroatoms. The third-order valence-corrected chi connectivity index (χ3v) is 3.48. The Balaban J connectivity index is 2.34. The fourth-order valence-corrected chi connectivity index (χ4v) is 2.47. The lowest BCUT2D eigenvalue weighted by atomic mass is 10.2. The highest BCUT2D eigenvalue weighted by molar-refractivity contribution is 5.45. The Kier molecular flexibility index (Phi) is 3.12. The summed E-state index contributed by atoms with van der Waals surface area (Å²) >= 11 is 0. The minimum Gasteiger partial charge on any atom is -0.414 e. The fourth-order valence-electron chi connectivity index (χ4n) is 2.47. The molecule has 0 N–H and O–H groups in total. The van der Waals surface area contributed by atoms with Gasteiger partial charge in [0.2, 0.25) is 5.82 Å². The molecule has 0 amide bonds. The number of hydrogen-bond acceptors (Lipinski definition) is 5. The predicted octanol–water partition coefficient (Wildman–Crippen LogP) is 1.47. The second-order valence-electron chi connectivity index (χ2n) is 4.78. The van der Waals surface area contributed by atoms with Gasteiger partial charge in [-0.2, -0.15) is 4.39 Å². The lowest BCUT2D eigenvalue weighted by Crippen LogP contribution is -2.34. The maximum Gasteiger partial charge on any atom is 0.426 e. The molecule has 0 fully saturated rings. The first-order valence-electron chi connectivity index (χ1n) is 6.32. The van der Waals surface area contributed by atoms with Gasteiger partial charge in [-0.1, -0.05) is 0 Å². The Hall–Kier alpha value is -2.84. The maximum absolute atomic E-state index is 13.9. The number of benzene rings is 1. The van der Waals surface area contributed by atoms with Crippen LogP contribution in [0.25, 0.3) is 5.69 Å². The van der Waals surface area contributed by atoms with Crippen molar-refractivity contribution < 1.29 is 18.1 Å². The van der Waals surface area contributed by atoms with E-state index in [-0.39, 0.29) is 17.4 Å². The molecule has 0 radical (unpaired) electrons. The number of nitro benzene ring substituents is 1. The van der Waals surface area contributed by atoms with Crippen LogP contribution in [0.3, 0.4) is 0 Å². The predicted molar refractivity (Wildman–Crippen MR) is 69.2 cm³/mol. The van der Waals surface area contributed by atoms with Crippen molar-refractivity contribution in [2.75, 3.05) is 0 Å². The van der Waals surface area contributed by atoms with E-state index in [1.165, 1.54) is 0 Å². The lowest BCUT2D eigenvalue weighted by Gasteiger charge is -2.07. The normalized spacial score (nSPS) is 13.2.